The molecular formula is C24H20ClN3O5. The van der Waals surface area contributed by atoms with Crippen molar-refractivity contribution in [1.29, 1.82) is 0 Å². The molecule has 0 bridgehead atoms. The van der Waals surface area contributed by atoms with Crippen LogP contribution < -0.4 is 14.4 Å². The Morgan fingerprint density at radius 1 is 1.15 bits per heavy atom. The van der Waals surface area contributed by atoms with E-state index in [9.17, 15) is 14.9 Å². The summed E-state index contributed by atoms with van der Waals surface area (Å²) in [7, 11) is 1.59. The van der Waals surface area contributed by atoms with Crippen LogP contribution in [0.15, 0.2) is 54.7 Å². The molecule has 8 nitrogen and oxygen atoms in total. The molecular weight excluding hydrogens is 446 g/mol. The lowest BCUT2D eigenvalue weighted by molar-refractivity contribution is -0.385. The van der Waals surface area contributed by atoms with Crippen molar-refractivity contribution < 1.29 is 19.2 Å². The highest BCUT2D eigenvalue weighted by molar-refractivity contribution is 6.29. The monoisotopic (exact) mass is 465 g/mol. The number of hydrogen-bond acceptors (Lipinski definition) is 6. The second kappa shape index (κ2) is 8.04. The van der Waals surface area contributed by atoms with Crippen LogP contribution in [0.3, 0.4) is 0 Å². The molecule has 9 heteroatoms. The Kier molecular flexibility index (Phi) is 5.17. The fourth-order valence-electron chi connectivity index (χ4n) is 4.55. The average molecular weight is 466 g/mol. The third-order valence-electron chi connectivity index (χ3n) is 6.34. The van der Waals surface area contributed by atoms with E-state index in [1.807, 2.05) is 24.3 Å². The van der Waals surface area contributed by atoms with Gasteiger partial charge in [-0.25, -0.2) is 4.98 Å². The van der Waals surface area contributed by atoms with Crippen LogP contribution in [-0.2, 0) is 16.8 Å². The summed E-state index contributed by atoms with van der Waals surface area (Å²) in [5.41, 5.74) is 1.25. The predicted octanol–water partition coefficient (Wildman–Crippen LogP) is 5.41. The fraction of sp³-hybridized carbons (Fsp3) is 0.250. The number of pyridine rings is 1. The molecule has 1 saturated carbocycles. The Labute approximate surface area is 194 Å². The Balaban J connectivity index is 1.63. The number of amides is 1. The minimum Gasteiger partial charge on any atom is -0.497 e. The highest BCUT2D eigenvalue weighted by Gasteiger charge is 2.56. The average Bonchev–Trinajstić information content (AvgIpc) is 3.02. The molecule has 0 unspecified atom stereocenters. The van der Waals surface area contributed by atoms with Crippen molar-refractivity contribution in [3.8, 4) is 17.2 Å². The SMILES string of the molecule is COc1ccc(CN2C(=O)C3(CCC3)c3cc([N+](=O)[O-])cc(Oc4ccnc(Cl)c4)c32)cc1. The van der Waals surface area contributed by atoms with E-state index in [1.54, 1.807) is 18.1 Å². The van der Waals surface area contributed by atoms with Gasteiger partial charge in [-0.3, -0.25) is 14.9 Å². The highest BCUT2D eigenvalue weighted by Crippen LogP contribution is 2.58. The van der Waals surface area contributed by atoms with Gasteiger partial charge in [0.1, 0.15) is 16.7 Å². The predicted molar refractivity (Wildman–Crippen MR) is 122 cm³/mol. The minimum atomic E-state index is -0.748. The molecule has 1 fully saturated rings. The van der Waals surface area contributed by atoms with E-state index >= 15 is 0 Å². The summed E-state index contributed by atoms with van der Waals surface area (Å²) in [6, 6.07) is 13.5. The first-order valence-corrected chi connectivity index (χ1v) is 10.9. The maximum atomic E-state index is 13.7. The van der Waals surface area contributed by atoms with E-state index in [4.69, 9.17) is 21.1 Å². The minimum absolute atomic E-state index is 0.0577. The molecule has 2 aromatic carbocycles. The van der Waals surface area contributed by atoms with Gasteiger partial charge in [0.15, 0.2) is 5.75 Å². The maximum absolute atomic E-state index is 13.7. The molecule has 2 heterocycles. The van der Waals surface area contributed by atoms with E-state index in [1.165, 1.54) is 24.4 Å². The number of non-ortho nitro benzene ring substituents is 1. The molecule has 1 aromatic heterocycles. The Morgan fingerprint density at radius 3 is 2.52 bits per heavy atom. The van der Waals surface area contributed by atoms with Crippen molar-refractivity contribution in [1.82, 2.24) is 4.98 Å². The number of methoxy groups -OCH3 is 1. The van der Waals surface area contributed by atoms with Gasteiger partial charge in [0, 0.05) is 23.9 Å². The number of rotatable bonds is 6. The van der Waals surface area contributed by atoms with Crippen molar-refractivity contribution in [2.45, 2.75) is 31.2 Å². The third kappa shape index (κ3) is 3.56. The lowest BCUT2D eigenvalue weighted by atomic mass is 9.65. The summed E-state index contributed by atoms with van der Waals surface area (Å²) in [5, 5.41) is 11.9. The molecule has 0 saturated heterocycles. The number of carbonyl (C=O) groups excluding carboxylic acids is 1. The quantitative estimate of drug-likeness (QED) is 0.274. The third-order valence-corrected chi connectivity index (χ3v) is 6.55. The molecule has 1 aliphatic heterocycles. The van der Waals surface area contributed by atoms with Gasteiger partial charge in [0.2, 0.25) is 5.91 Å². The zero-order chi connectivity index (χ0) is 23.2. The van der Waals surface area contributed by atoms with Crippen LogP contribution in [0.25, 0.3) is 0 Å². The molecule has 5 rings (SSSR count). The van der Waals surface area contributed by atoms with Gasteiger partial charge in [0.05, 0.1) is 35.7 Å². The van der Waals surface area contributed by atoms with Crippen molar-refractivity contribution in [2.75, 3.05) is 12.0 Å². The number of anilines is 1. The number of nitro benzene ring substituents is 1. The van der Waals surface area contributed by atoms with Crippen LogP contribution in [0, 0.1) is 10.1 Å². The second-order valence-electron chi connectivity index (χ2n) is 8.19. The largest absolute Gasteiger partial charge is 0.497 e. The number of nitrogens with zero attached hydrogens (tertiary/aromatic N) is 3. The Bertz CT molecular complexity index is 1260. The number of halogens is 1. The molecule has 0 radical (unpaired) electrons. The highest BCUT2D eigenvalue weighted by atomic mass is 35.5. The second-order valence-corrected chi connectivity index (χ2v) is 8.58. The van der Waals surface area contributed by atoms with Crippen LogP contribution in [0.2, 0.25) is 5.15 Å². The first-order chi connectivity index (χ1) is 15.9. The number of nitro groups is 1. The molecule has 0 N–H and O–H groups in total. The van der Waals surface area contributed by atoms with Crippen LogP contribution >= 0.6 is 11.6 Å². The summed E-state index contributed by atoms with van der Waals surface area (Å²) < 4.78 is 11.3. The number of ether oxygens (including phenoxy) is 2. The zero-order valence-corrected chi connectivity index (χ0v) is 18.5. The first kappa shape index (κ1) is 21.2. The van der Waals surface area contributed by atoms with E-state index in [0.717, 1.165) is 17.7 Å². The standard InChI is InChI=1S/C24H20ClN3O5/c1-32-17-5-3-15(4-6-17)14-27-22-19(24(23(27)29)8-2-9-24)11-16(28(30)31)12-20(22)33-18-7-10-26-21(25)13-18/h3-7,10-13H,2,8-9,14H2,1H3. The van der Waals surface area contributed by atoms with Gasteiger partial charge >= 0.3 is 0 Å². The summed E-state index contributed by atoms with van der Waals surface area (Å²) >= 11 is 6.00. The van der Waals surface area contributed by atoms with Gasteiger partial charge in [-0.05, 0) is 36.6 Å². The number of hydrogen-bond donors (Lipinski definition) is 0. The molecule has 3 aromatic rings. The van der Waals surface area contributed by atoms with Gasteiger partial charge in [-0.1, -0.05) is 30.2 Å². The molecule has 168 valence electrons. The number of fused-ring (bicyclic) bond motifs is 2. The normalized spacial score (nSPS) is 15.8. The molecule has 1 spiro atoms. The summed E-state index contributed by atoms with van der Waals surface area (Å²) in [6.45, 7) is 0.308. The Morgan fingerprint density at radius 2 is 1.91 bits per heavy atom. The van der Waals surface area contributed by atoms with Crippen LogP contribution in [0.5, 0.6) is 17.2 Å². The van der Waals surface area contributed by atoms with Crippen molar-refractivity contribution in [3.05, 3.63) is 81.1 Å². The van der Waals surface area contributed by atoms with E-state index in [0.29, 0.717) is 36.4 Å². The summed E-state index contributed by atoms with van der Waals surface area (Å²) in [4.78, 5) is 30.5. The molecule has 0 atom stereocenters. The van der Waals surface area contributed by atoms with Gasteiger partial charge in [0.25, 0.3) is 5.69 Å². The lowest BCUT2D eigenvalue weighted by Crippen LogP contribution is -2.44. The molecule has 2 aliphatic rings. The van der Waals surface area contributed by atoms with Crippen molar-refractivity contribution in [2.24, 2.45) is 0 Å². The first-order valence-electron chi connectivity index (χ1n) is 10.5. The van der Waals surface area contributed by atoms with Crippen molar-refractivity contribution in [3.63, 3.8) is 0 Å². The van der Waals surface area contributed by atoms with Gasteiger partial charge in [-0.15, -0.1) is 0 Å². The van der Waals surface area contributed by atoms with Crippen LogP contribution in [-0.4, -0.2) is 22.9 Å². The zero-order valence-electron chi connectivity index (χ0n) is 17.8. The number of carbonyl (C=O) groups is 1. The number of aromatic nitrogens is 1. The maximum Gasteiger partial charge on any atom is 0.273 e. The van der Waals surface area contributed by atoms with Crippen molar-refractivity contribution >= 4 is 28.9 Å². The van der Waals surface area contributed by atoms with E-state index in [-0.39, 0.29) is 22.5 Å². The van der Waals surface area contributed by atoms with E-state index in [2.05, 4.69) is 4.98 Å². The lowest BCUT2D eigenvalue weighted by Gasteiger charge is -2.36. The van der Waals surface area contributed by atoms with E-state index < -0.39 is 10.3 Å². The Hall–Kier alpha value is -3.65. The molecule has 1 aliphatic carbocycles. The molecule has 1 amide bonds. The summed E-state index contributed by atoms with van der Waals surface area (Å²) in [6.07, 6.45) is 3.68. The topological polar surface area (TPSA) is 94.8 Å². The molecule has 33 heavy (non-hydrogen) atoms. The smallest absolute Gasteiger partial charge is 0.273 e. The van der Waals surface area contributed by atoms with Crippen LogP contribution in [0.4, 0.5) is 11.4 Å². The van der Waals surface area contributed by atoms with Gasteiger partial charge in [-0.2, -0.15) is 0 Å². The fourth-order valence-corrected chi connectivity index (χ4v) is 4.71. The number of benzene rings is 2. The van der Waals surface area contributed by atoms with Gasteiger partial charge < -0.3 is 14.4 Å². The summed E-state index contributed by atoms with van der Waals surface area (Å²) in [5.74, 6) is 1.28. The van der Waals surface area contributed by atoms with Crippen LogP contribution in [0.1, 0.15) is 30.4 Å².